The van der Waals surface area contributed by atoms with Gasteiger partial charge in [0.05, 0.1) is 53.7 Å². The summed E-state index contributed by atoms with van der Waals surface area (Å²) in [5.74, 6) is 2.75. The van der Waals surface area contributed by atoms with E-state index in [-0.39, 0.29) is 23.7 Å². The van der Waals surface area contributed by atoms with Gasteiger partial charge in [-0.15, -0.1) is 11.8 Å². The third-order valence-corrected chi connectivity index (χ3v) is 9.65. The second-order valence-corrected chi connectivity index (χ2v) is 12.4. The van der Waals surface area contributed by atoms with E-state index in [9.17, 15) is 9.90 Å². The summed E-state index contributed by atoms with van der Waals surface area (Å²) in [4.78, 5) is 25.5. The molecule has 0 radical (unpaired) electrons. The minimum absolute atomic E-state index is 0.0342. The van der Waals surface area contributed by atoms with Gasteiger partial charge in [0, 0.05) is 29.9 Å². The van der Waals surface area contributed by atoms with Gasteiger partial charge in [0.25, 0.3) is 5.56 Å². The lowest BCUT2D eigenvalue weighted by Gasteiger charge is -2.47. The number of aromatic nitrogens is 3. The molecule has 7 rings (SSSR count). The number of nitrogens with zero attached hydrogens (tertiary/aromatic N) is 4. The number of hydrogen-bond donors (Lipinski definition) is 3. The summed E-state index contributed by atoms with van der Waals surface area (Å²) in [7, 11) is 1.84. The molecule has 1 aromatic carbocycles. The number of aliphatic hydroxyl groups excluding tert-OH is 1. The zero-order chi connectivity index (χ0) is 26.0. The summed E-state index contributed by atoms with van der Waals surface area (Å²) in [6, 6.07) is 6.48. The number of benzene rings is 1. The number of nitrogens with one attached hydrogen (secondary N) is 2. The first-order valence-electron chi connectivity index (χ1n) is 13.4. The normalized spacial score (nSPS) is 27.0. The van der Waals surface area contributed by atoms with Crippen LogP contribution in [0.1, 0.15) is 32.1 Å². The summed E-state index contributed by atoms with van der Waals surface area (Å²) in [6.45, 7) is 1.09. The van der Waals surface area contributed by atoms with Crippen LogP contribution in [-0.2, 0) is 11.8 Å². The summed E-state index contributed by atoms with van der Waals surface area (Å²) >= 11 is 8.22. The average Bonchev–Trinajstić information content (AvgIpc) is 3.75. The van der Waals surface area contributed by atoms with Crippen molar-refractivity contribution < 1.29 is 9.84 Å². The van der Waals surface area contributed by atoms with E-state index < -0.39 is 0 Å². The fraction of sp³-hybridized carbons (Fsp3) is 0.519. The van der Waals surface area contributed by atoms with E-state index >= 15 is 0 Å². The molecule has 200 valence electrons. The topological polar surface area (TPSA) is 105 Å². The Morgan fingerprint density at radius 2 is 2.00 bits per heavy atom. The highest BCUT2D eigenvalue weighted by atomic mass is 35.5. The van der Waals surface area contributed by atoms with Gasteiger partial charge >= 0.3 is 0 Å². The Kier molecular flexibility index (Phi) is 6.18. The minimum atomic E-state index is -0.329. The van der Waals surface area contributed by atoms with E-state index in [0.29, 0.717) is 54.8 Å². The van der Waals surface area contributed by atoms with Crippen LogP contribution in [-0.4, -0.2) is 62.8 Å². The second-order valence-electron chi connectivity index (χ2n) is 10.9. The van der Waals surface area contributed by atoms with Gasteiger partial charge in [0.15, 0.2) is 5.82 Å². The molecule has 11 heteroatoms. The molecule has 9 nitrogen and oxygen atoms in total. The van der Waals surface area contributed by atoms with E-state index in [4.69, 9.17) is 21.3 Å². The first kappa shape index (κ1) is 24.5. The van der Waals surface area contributed by atoms with Crippen molar-refractivity contribution in [1.82, 2.24) is 14.5 Å². The Bertz CT molecular complexity index is 1450. The molecule has 0 unspecified atom stereocenters. The Balaban J connectivity index is 1.25. The van der Waals surface area contributed by atoms with Crippen LogP contribution >= 0.6 is 23.4 Å². The second kappa shape index (κ2) is 9.59. The predicted molar refractivity (Wildman–Crippen MR) is 151 cm³/mol. The van der Waals surface area contributed by atoms with Crippen LogP contribution in [0.2, 0.25) is 5.02 Å². The van der Waals surface area contributed by atoms with Gasteiger partial charge < -0.3 is 29.9 Å². The van der Waals surface area contributed by atoms with Crippen molar-refractivity contribution in [2.45, 2.75) is 61.2 Å². The molecule has 0 spiro atoms. The van der Waals surface area contributed by atoms with Crippen molar-refractivity contribution in [3.05, 3.63) is 39.8 Å². The largest absolute Gasteiger partial charge is 0.393 e. The highest BCUT2D eigenvalue weighted by Gasteiger charge is 2.40. The van der Waals surface area contributed by atoms with Gasteiger partial charge in [0.1, 0.15) is 5.02 Å². The van der Waals surface area contributed by atoms with Crippen molar-refractivity contribution in [2.75, 3.05) is 34.5 Å². The van der Waals surface area contributed by atoms with Crippen molar-refractivity contribution >= 4 is 57.4 Å². The molecule has 5 heterocycles. The van der Waals surface area contributed by atoms with E-state index in [1.165, 1.54) is 12.8 Å². The summed E-state index contributed by atoms with van der Waals surface area (Å²) in [5.41, 5.74) is 2.71. The number of aliphatic hydroxyl groups is 1. The molecule has 4 atom stereocenters. The molecule has 0 amide bonds. The van der Waals surface area contributed by atoms with E-state index in [0.717, 1.165) is 39.3 Å². The van der Waals surface area contributed by atoms with E-state index in [1.54, 1.807) is 22.5 Å². The van der Waals surface area contributed by atoms with Gasteiger partial charge in [0.2, 0.25) is 5.95 Å². The average molecular weight is 555 g/mol. The molecule has 3 fully saturated rings. The van der Waals surface area contributed by atoms with Gasteiger partial charge in [-0.1, -0.05) is 11.6 Å². The number of aryl methyl sites for hydroxylation is 1. The molecule has 4 aliphatic rings. The fourth-order valence-electron chi connectivity index (χ4n) is 6.19. The zero-order valence-corrected chi connectivity index (χ0v) is 22.8. The Morgan fingerprint density at radius 1 is 1.21 bits per heavy atom. The number of ether oxygens (including phenoxy) is 1. The number of anilines is 4. The molecule has 1 aliphatic carbocycles. The maximum atomic E-state index is 13.2. The van der Waals surface area contributed by atoms with Crippen molar-refractivity contribution in [3.63, 3.8) is 0 Å². The van der Waals surface area contributed by atoms with Crippen LogP contribution < -0.4 is 21.1 Å². The molecule has 3 aromatic rings. The summed E-state index contributed by atoms with van der Waals surface area (Å²) in [5, 5.41) is 18.9. The maximum absolute atomic E-state index is 13.2. The smallest absolute Gasteiger partial charge is 0.266 e. The number of halogens is 1. The molecule has 2 aromatic heterocycles. The number of pyridine rings is 1. The van der Waals surface area contributed by atoms with E-state index in [1.807, 2.05) is 19.2 Å². The van der Waals surface area contributed by atoms with Crippen molar-refractivity contribution in [3.8, 4) is 0 Å². The fourth-order valence-corrected chi connectivity index (χ4v) is 7.48. The highest BCUT2D eigenvalue weighted by Crippen LogP contribution is 2.43. The number of rotatable bonds is 4. The number of fused-ring (bicyclic) bond motifs is 5. The van der Waals surface area contributed by atoms with Crippen LogP contribution in [0.15, 0.2) is 34.1 Å². The quantitative estimate of drug-likeness (QED) is 0.439. The van der Waals surface area contributed by atoms with Crippen molar-refractivity contribution in [1.29, 1.82) is 0 Å². The summed E-state index contributed by atoms with van der Waals surface area (Å²) in [6.07, 6.45) is 6.14. The standard InChI is InChI=1S/C27H31ClN6O3S/c1-33-22-5-4-15(8-19(22)23-24(26(33)36)38-7-6-21(31-23)14-2-3-14)30-25-20(28)11-29-27(32-25)34-16-9-18(35)10-17(34)13-37-12-16/h4-5,8,11,14,16-18,21,31,35H,2-3,6-7,9-10,12-13H2,1H3,(H,29,30,32)/t16-,17+,18-,21-/m1/s1. The van der Waals surface area contributed by atoms with Crippen LogP contribution in [0, 0.1) is 5.92 Å². The molecular formula is C27H31ClN6O3S. The lowest BCUT2D eigenvalue weighted by atomic mass is 9.92. The van der Waals surface area contributed by atoms with Crippen LogP contribution in [0.5, 0.6) is 0 Å². The van der Waals surface area contributed by atoms with Crippen LogP contribution in [0.4, 0.5) is 23.1 Å². The van der Waals surface area contributed by atoms with Gasteiger partial charge in [-0.05, 0) is 56.2 Å². The monoisotopic (exact) mass is 554 g/mol. The number of hydrogen-bond acceptors (Lipinski definition) is 9. The molecule has 38 heavy (non-hydrogen) atoms. The lowest BCUT2D eigenvalue weighted by Crippen LogP contribution is -2.59. The van der Waals surface area contributed by atoms with Crippen LogP contribution in [0.25, 0.3) is 10.9 Å². The molecule has 3 N–H and O–H groups in total. The van der Waals surface area contributed by atoms with Gasteiger partial charge in [-0.2, -0.15) is 4.98 Å². The van der Waals surface area contributed by atoms with E-state index in [2.05, 4.69) is 26.6 Å². The first-order chi connectivity index (χ1) is 18.5. The van der Waals surface area contributed by atoms with Crippen molar-refractivity contribution in [2.24, 2.45) is 13.0 Å². The molecule has 1 saturated carbocycles. The predicted octanol–water partition coefficient (Wildman–Crippen LogP) is 4.14. The molecule has 2 bridgehead atoms. The summed E-state index contributed by atoms with van der Waals surface area (Å²) < 4.78 is 7.49. The Hall–Kier alpha value is -2.53. The van der Waals surface area contributed by atoms with Crippen LogP contribution in [0.3, 0.4) is 0 Å². The molecule has 3 aliphatic heterocycles. The Morgan fingerprint density at radius 3 is 2.76 bits per heavy atom. The third kappa shape index (κ3) is 4.31. The molecular weight excluding hydrogens is 524 g/mol. The number of thioether (sulfide) groups is 1. The maximum Gasteiger partial charge on any atom is 0.266 e. The lowest BCUT2D eigenvalue weighted by molar-refractivity contribution is 0.000353. The van der Waals surface area contributed by atoms with Gasteiger partial charge in [-0.25, -0.2) is 4.98 Å². The zero-order valence-electron chi connectivity index (χ0n) is 21.2. The Labute approximate surface area is 229 Å². The SMILES string of the molecule is Cn1c(=O)c2c(c3cc(Nc4nc(N5[C@@H]6COC[C@H]5C[C@@H](O)C6)ncc4Cl)ccc31)N[C@@H](C1CC1)CCS2. The number of piperidine rings is 1. The minimum Gasteiger partial charge on any atom is -0.393 e. The van der Waals surface area contributed by atoms with Gasteiger partial charge in [-0.3, -0.25) is 4.79 Å². The number of morpholine rings is 1. The first-order valence-corrected chi connectivity index (χ1v) is 14.7. The molecule has 2 saturated heterocycles. The highest BCUT2D eigenvalue weighted by molar-refractivity contribution is 7.99. The third-order valence-electron chi connectivity index (χ3n) is 8.27.